The Morgan fingerprint density at radius 1 is 1.21 bits per heavy atom. The average Bonchev–Trinajstić information content (AvgIpc) is 3.48. The number of cyclic esters (lactones) is 1. The number of aromatic nitrogens is 1. The number of oxazole rings is 1. The topological polar surface area (TPSA) is 132 Å². The summed E-state index contributed by atoms with van der Waals surface area (Å²) in [7, 11) is 0. The van der Waals surface area contributed by atoms with Crippen LogP contribution in [0.5, 0.6) is 0 Å². The van der Waals surface area contributed by atoms with Gasteiger partial charge >= 0.3 is 12.1 Å². The van der Waals surface area contributed by atoms with Crippen molar-refractivity contribution in [2.45, 2.75) is 97.4 Å². The summed E-state index contributed by atoms with van der Waals surface area (Å²) < 4.78 is 52.5. The second-order valence-electron chi connectivity index (χ2n) is 11.1. The Balaban J connectivity index is 1.98. The van der Waals surface area contributed by atoms with Crippen LogP contribution < -0.4 is 5.32 Å². The number of rotatable bonds is 2. The molecule has 11 heteroatoms. The number of ether oxygens (including phenoxy) is 1. The van der Waals surface area contributed by atoms with Gasteiger partial charge in [0.2, 0.25) is 0 Å². The molecule has 2 aliphatic rings. The van der Waals surface area contributed by atoms with Crippen molar-refractivity contribution in [1.82, 2.24) is 10.3 Å². The summed E-state index contributed by atoms with van der Waals surface area (Å²) in [6.45, 7) is 9.44. The van der Waals surface area contributed by atoms with Crippen molar-refractivity contribution in [3.63, 3.8) is 0 Å². The third kappa shape index (κ3) is 6.92. The van der Waals surface area contributed by atoms with Crippen LogP contribution in [0.2, 0.25) is 0 Å². The molecule has 0 saturated carbocycles. The summed E-state index contributed by atoms with van der Waals surface area (Å²) in [5.74, 6) is -2.35. The van der Waals surface area contributed by atoms with Crippen molar-refractivity contribution in [3.05, 3.63) is 35.1 Å². The van der Waals surface area contributed by atoms with Crippen molar-refractivity contribution in [1.29, 1.82) is 0 Å². The van der Waals surface area contributed by atoms with Crippen LogP contribution >= 0.6 is 0 Å². The predicted molar refractivity (Wildman–Crippen MR) is 133 cm³/mol. The molecule has 1 aromatic rings. The fourth-order valence-electron chi connectivity index (χ4n) is 4.99. The van der Waals surface area contributed by atoms with Gasteiger partial charge in [-0.2, -0.15) is 13.2 Å². The smallest absolute Gasteiger partial charge is 0.412 e. The third-order valence-electron chi connectivity index (χ3n) is 7.77. The van der Waals surface area contributed by atoms with Gasteiger partial charge in [-0.25, -0.2) is 4.98 Å². The summed E-state index contributed by atoms with van der Waals surface area (Å²) in [5.41, 5.74) is -1.30. The lowest BCUT2D eigenvalue weighted by Crippen LogP contribution is -2.46. The molecule has 0 spiro atoms. The molecule has 8 nitrogen and oxygen atoms in total. The Kier molecular flexibility index (Phi) is 8.95. The SMILES string of the molecule is CC(=Cc1coc(C)n1)[C@H]1C/C=C(/C(F)(F)F)CC2NC2[C@H](C)[C@H](O)[C@@H](C)C(=O)C(C)(C)[C@@H](O)CC(=O)O1. The lowest BCUT2D eigenvalue weighted by Gasteiger charge is -2.34. The highest BCUT2D eigenvalue weighted by Gasteiger charge is 2.49. The van der Waals surface area contributed by atoms with Crippen LogP contribution in [0.3, 0.4) is 0 Å². The van der Waals surface area contributed by atoms with Gasteiger partial charge < -0.3 is 24.7 Å². The molecule has 0 amide bonds. The van der Waals surface area contributed by atoms with E-state index in [2.05, 4.69) is 10.3 Å². The Hall–Kier alpha value is -2.50. The van der Waals surface area contributed by atoms with Crippen molar-refractivity contribution >= 4 is 17.8 Å². The molecule has 1 aromatic heterocycles. The molecule has 3 rings (SSSR count). The number of fused-ring (bicyclic) bond motifs is 1. The molecule has 1 saturated heterocycles. The number of hydrogen-bond donors (Lipinski definition) is 3. The number of halogens is 3. The number of ketones is 1. The van der Waals surface area contributed by atoms with E-state index in [4.69, 9.17) is 9.15 Å². The summed E-state index contributed by atoms with van der Waals surface area (Å²) in [4.78, 5) is 30.2. The van der Waals surface area contributed by atoms with Crippen LogP contribution in [0.15, 0.2) is 27.9 Å². The van der Waals surface area contributed by atoms with E-state index in [0.717, 1.165) is 6.08 Å². The summed E-state index contributed by atoms with van der Waals surface area (Å²) >= 11 is 0. The molecule has 0 aromatic carbocycles. The van der Waals surface area contributed by atoms with Gasteiger partial charge in [-0.15, -0.1) is 0 Å². The largest absolute Gasteiger partial charge is 0.457 e. The van der Waals surface area contributed by atoms with Gasteiger partial charge in [-0.05, 0) is 30.9 Å². The van der Waals surface area contributed by atoms with E-state index < -0.39 is 77.6 Å². The van der Waals surface area contributed by atoms with E-state index in [1.165, 1.54) is 27.0 Å². The molecule has 7 atom stereocenters. The number of aryl methyl sites for hydroxylation is 1. The van der Waals surface area contributed by atoms with Gasteiger partial charge in [-0.1, -0.05) is 33.8 Å². The fourth-order valence-corrected chi connectivity index (χ4v) is 4.99. The number of nitrogens with one attached hydrogen (secondary N) is 1. The highest BCUT2D eigenvalue weighted by Crippen LogP contribution is 2.38. The van der Waals surface area contributed by atoms with Gasteiger partial charge in [0.1, 0.15) is 23.8 Å². The first-order valence-corrected chi connectivity index (χ1v) is 12.7. The summed E-state index contributed by atoms with van der Waals surface area (Å²) in [6, 6.07) is -0.935. The number of aliphatic hydroxyl groups excluding tert-OH is 2. The number of nitrogens with zero attached hydrogens (tertiary/aromatic N) is 1. The minimum atomic E-state index is -4.61. The second-order valence-corrected chi connectivity index (χ2v) is 11.1. The zero-order valence-electron chi connectivity index (χ0n) is 22.5. The minimum Gasteiger partial charge on any atom is -0.457 e. The quantitative estimate of drug-likeness (QED) is 0.291. The maximum absolute atomic E-state index is 13.9. The number of alkyl halides is 3. The standard InChI is InChI=1S/C27H37F3N2O6/c1-13(9-18-12-37-16(4)31-18)20-8-7-17(27(28,29)30)10-19-23(32-19)14(2)24(35)15(3)25(36)26(5,6)21(33)11-22(34)38-20/h7,9,12,14-15,19-21,23-24,32-33,35H,8,10-11H2,1-6H3/b13-9?,17-7+/t14-,15+,19?,20+,21-,23?,24-/m0/s1. The second kappa shape index (κ2) is 11.3. The van der Waals surface area contributed by atoms with E-state index >= 15 is 0 Å². The predicted octanol–water partition coefficient (Wildman–Crippen LogP) is 3.90. The highest BCUT2D eigenvalue weighted by molar-refractivity contribution is 5.88. The Morgan fingerprint density at radius 3 is 2.45 bits per heavy atom. The van der Waals surface area contributed by atoms with E-state index in [1.807, 2.05) is 0 Å². The van der Waals surface area contributed by atoms with Crippen LogP contribution in [0.1, 0.15) is 65.5 Å². The zero-order chi connectivity index (χ0) is 28.6. The normalized spacial score (nSPS) is 35.2. The number of carbonyl (C=O) groups is 2. The average molecular weight is 543 g/mol. The van der Waals surface area contributed by atoms with E-state index in [1.54, 1.807) is 26.8 Å². The number of esters is 1. The van der Waals surface area contributed by atoms with Crippen LogP contribution in [0.25, 0.3) is 6.08 Å². The van der Waals surface area contributed by atoms with E-state index in [-0.39, 0.29) is 12.8 Å². The zero-order valence-corrected chi connectivity index (χ0v) is 22.5. The molecule has 3 heterocycles. The molecule has 38 heavy (non-hydrogen) atoms. The van der Waals surface area contributed by atoms with Crippen LogP contribution in [-0.4, -0.2) is 63.5 Å². The van der Waals surface area contributed by atoms with Gasteiger partial charge in [0.25, 0.3) is 0 Å². The lowest BCUT2D eigenvalue weighted by atomic mass is 9.73. The molecular formula is C27H37F3N2O6. The summed E-state index contributed by atoms with van der Waals surface area (Å²) in [5, 5.41) is 24.7. The van der Waals surface area contributed by atoms with E-state index in [0.29, 0.717) is 17.2 Å². The molecular weight excluding hydrogens is 505 g/mol. The van der Waals surface area contributed by atoms with Crippen LogP contribution in [0.4, 0.5) is 13.2 Å². The summed E-state index contributed by atoms with van der Waals surface area (Å²) in [6.07, 6.45) is -5.44. The maximum Gasteiger partial charge on any atom is 0.412 e. The minimum absolute atomic E-state index is 0.259. The number of carbonyl (C=O) groups excluding carboxylic acids is 2. The Bertz CT molecular complexity index is 1090. The van der Waals surface area contributed by atoms with Gasteiger partial charge in [0.15, 0.2) is 5.89 Å². The van der Waals surface area contributed by atoms with Crippen LogP contribution in [-0.2, 0) is 14.3 Å². The van der Waals surface area contributed by atoms with Crippen molar-refractivity contribution in [3.8, 4) is 0 Å². The third-order valence-corrected chi connectivity index (χ3v) is 7.77. The number of hydrogen-bond acceptors (Lipinski definition) is 8. The van der Waals surface area contributed by atoms with Crippen molar-refractivity contribution in [2.24, 2.45) is 17.3 Å². The first-order chi connectivity index (χ1) is 17.5. The fraction of sp³-hybridized carbons (Fsp3) is 0.667. The number of aliphatic hydroxyl groups is 2. The Morgan fingerprint density at radius 2 is 1.87 bits per heavy atom. The molecule has 2 aliphatic heterocycles. The van der Waals surface area contributed by atoms with Crippen molar-refractivity contribution in [2.75, 3.05) is 0 Å². The van der Waals surface area contributed by atoms with Crippen LogP contribution in [0, 0.1) is 24.2 Å². The van der Waals surface area contributed by atoms with Crippen molar-refractivity contribution < 1.29 is 42.1 Å². The van der Waals surface area contributed by atoms with Gasteiger partial charge in [0.05, 0.1) is 24.0 Å². The molecule has 0 bridgehead atoms. The molecule has 3 N–H and O–H groups in total. The highest BCUT2D eigenvalue weighted by atomic mass is 19.4. The molecule has 212 valence electrons. The van der Waals surface area contributed by atoms with Gasteiger partial charge in [0, 0.05) is 36.9 Å². The first kappa shape index (κ1) is 30.0. The van der Waals surface area contributed by atoms with E-state index in [9.17, 15) is 33.0 Å². The first-order valence-electron chi connectivity index (χ1n) is 12.7. The Labute approximate surface area is 220 Å². The molecule has 0 aliphatic carbocycles. The molecule has 0 radical (unpaired) electrons. The lowest BCUT2D eigenvalue weighted by molar-refractivity contribution is -0.154. The molecule has 1 fully saturated rings. The number of Topliss-reactive ketones (excluding diaryl/α,β-unsaturated/α-hetero) is 1. The maximum atomic E-state index is 13.9. The monoisotopic (exact) mass is 542 g/mol. The van der Waals surface area contributed by atoms with Gasteiger partial charge in [-0.3, -0.25) is 9.59 Å². The molecule has 2 unspecified atom stereocenters.